The monoisotopic (exact) mass is 374 g/mol. The van der Waals surface area contributed by atoms with Gasteiger partial charge in [0.25, 0.3) is 16.1 Å². The number of fused-ring (bicyclic) bond motifs is 1. The van der Waals surface area contributed by atoms with Crippen LogP contribution in [0.3, 0.4) is 0 Å². The summed E-state index contributed by atoms with van der Waals surface area (Å²) in [6.45, 7) is 2.91. The van der Waals surface area contributed by atoms with E-state index in [1.54, 1.807) is 47.6 Å². The maximum absolute atomic E-state index is 12.8. The number of hydrogen-bond acceptors (Lipinski definition) is 4. The van der Waals surface area contributed by atoms with E-state index < -0.39 is 10.2 Å². The van der Waals surface area contributed by atoms with Gasteiger partial charge in [0.05, 0.1) is 11.3 Å². The van der Waals surface area contributed by atoms with Gasteiger partial charge in [-0.2, -0.15) is 13.1 Å². The summed E-state index contributed by atoms with van der Waals surface area (Å²) in [6, 6.07) is 8.74. The molecule has 8 heteroatoms. The third-order valence-corrected chi connectivity index (χ3v) is 5.23. The van der Waals surface area contributed by atoms with Crippen molar-refractivity contribution < 1.29 is 13.2 Å². The molecule has 0 radical (unpaired) electrons. The second kappa shape index (κ2) is 7.84. The summed E-state index contributed by atoms with van der Waals surface area (Å²) in [6.07, 6.45) is 5.52. The van der Waals surface area contributed by atoms with Crippen LogP contribution in [0.1, 0.15) is 35.7 Å². The van der Waals surface area contributed by atoms with Crippen LogP contribution in [0.4, 0.5) is 11.4 Å². The molecule has 3 rings (SSSR count). The topological polar surface area (TPSA) is 91.4 Å². The highest BCUT2D eigenvalue weighted by Crippen LogP contribution is 2.31. The van der Waals surface area contributed by atoms with Gasteiger partial charge in [0.1, 0.15) is 0 Å². The van der Waals surface area contributed by atoms with Crippen LogP contribution >= 0.6 is 0 Å². The molecule has 1 aromatic heterocycles. The van der Waals surface area contributed by atoms with Gasteiger partial charge in [0, 0.05) is 31.2 Å². The summed E-state index contributed by atoms with van der Waals surface area (Å²) in [5.74, 6) is -0.100. The molecular weight excluding hydrogens is 352 g/mol. The molecule has 26 heavy (non-hydrogen) atoms. The molecule has 0 saturated carbocycles. The van der Waals surface area contributed by atoms with E-state index in [0.29, 0.717) is 24.3 Å². The molecule has 1 amide bonds. The van der Waals surface area contributed by atoms with Crippen molar-refractivity contribution in [3.63, 3.8) is 0 Å². The number of pyridine rings is 1. The number of carbonyl (C=O) groups is 1. The van der Waals surface area contributed by atoms with Crippen molar-refractivity contribution in [3.8, 4) is 0 Å². The molecule has 1 aliphatic rings. The van der Waals surface area contributed by atoms with Gasteiger partial charge < -0.3 is 4.90 Å². The van der Waals surface area contributed by atoms with E-state index in [4.69, 9.17) is 0 Å². The summed E-state index contributed by atoms with van der Waals surface area (Å²) in [5.41, 5.74) is 2.79. The number of hydrogen-bond donors (Lipinski definition) is 2. The molecule has 0 atom stereocenters. The Kier molecular flexibility index (Phi) is 5.53. The first-order valence-corrected chi connectivity index (χ1v) is 10.1. The maximum Gasteiger partial charge on any atom is 0.299 e. The van der Waals surface area contributed by atoms with Crippen molar-refractivity contribution in [3.05, 3.63) is 53.9 Å². The molecule has 2 heterocycles. The molecule has 1 aromatic carbocycles. The van der Waals surface area contributed by atoms with Crippen LogP contribution in [0.5, 0.6) is 0 Å². The Labute approximate surface area is 153 Å². The third-order valence-electron chi connectivity index (χ3n) is 4.15. The molecular formula is C18H22N4O3S. The molecule has 138 valence electrons. The molecule has 0 aliphatic carbocycles. The number of rotatable bonds is 6. The molecule has 1 aliphatic heterocycles. The Morgan fingerprint density at radius 3 is 2.88 bits per heavy atom. The molecule has 2 N–H and O–H groups in total. The Morgan fingerprint density at radius 1 is 1.31 bits per heavy atom. The standard InChI is InChI=1S/C18H22N4O3S/c1-2-9-20-26(24,25)21-16-7-8-17-14(12-16)6-4-11-22(17)18(23)15-5-3-10-19-13-15/h3,5,7-8,10,12-13,20-21H,2,4,6,9,11H2,1H3. The van der Waals surface area contributed by atoms with Gasteiger partial charge in [0.15, 0.2) is 0 Å². The fraction of sp³-hybridized carbons (Fsp3) is 0.333. The van der Waals surface area contributed by atoms with Gasteiger partial charge in [-0.05, 0) is 55.2 Å². The van der Waals surface area contributed by atoms with E-state index in [1.807, 2.05) is 6.92 Å². The van der Waals surface area contributed by atoms with Crippen LogP contribution < -0.4 is 14.3 Å². The predicted octanol–water partition coefficient (Wildman–Crippen LogP) is 2.33. The summed E-state index contributed by atoms with van der Waals surface area (Å²) in [4.78, 5) is 18.5. The van der Waals surface area contributed by atoms with E-state index in [-0.39, 0.29) is 5.91 Å². The number of carbonyl (C=O) groups excluding carboxylic acids is 1. The Morgan fingerprint density at radius 2 is 2.15 bits per heavy atom. The number of nitrogens with one attached hydrogen (secondary N) is 2. The second-order valence-electron chi connectivity index (χ2n) is 6.15. The first-order valence-electron chi connectivity index (χ1n) is 8.62. The van der Waals surface area contributed by atoms with Gasteiger partial charge in [0.2, 0.25) is 0 Å². The van der Waals surface area contributed by atoms with Crippen molar-refractivity contribution in [2.45, 2.75) is 26.2 Å². The van der Waals surface area contributed by atoms with Crippen LogP contribution in [0.25, 0.3) is 0 Å². The highest BCUT2D eigenvalue weighted by molar-refractivity contribution is 7.90. The lowest BCUT2D eigenvalue weighted by Crippen LogP contribution is -2.35. The highest BCUT2D eigenvalue weighted by Gasteiger charge is 2.24. The number of amides is 1. The van der Waals surface area contributed by atoms with Gasteiger partial charge >= 0.3 is 0 Å². The van der Waals surface area contributed by atoms with Crippen molar-refractivity contribution in [1.82, 2.24) is 9.71 Å². The molecule has 0 unspecified atom stereocenters. The van der Waals surface area contributed by atoms with Gasteiger partial charge in [-0.1, -0.05) is 6.92 Å². The summed E-state index contributed by atoms with van der Waals surface area (Å²) >= 11 is 0. The summed E-state index contributed by atoms with van der Waals surface area (Å²) in [5, 5.41) is 0. The molecule has 0 spiro atoms. The van der Waals surface area contributed by atoms with Crippen molar-refractivity contribution in [1.29, 1.82) is 0 Å². The van der Waals surface area contributed by atoms with Gasteiger partial charge in [-0.3, -0.25) is 14.5 Å². The first-order chi connectivity index (χ1) is 12.5. The minimum Gasteiger partial charge on any atom is -0.308 e. The Balaban J connectivity index is 1.82. The average Bonchev–Trinajstić information content (AvgIpc) is 2.65. The lowest BCUT2D eigenvalue weighted by Gasteiger charge is -2.30. The van der Waals surface area contributed by atoms with E-state index in [9.17, 15) is 13.2 Å². The van der Waals surface area contributed by atoms with Gasteiger partial charge in [-0.25, -0.2) is 0 Å². The van der Waals surface area contributed by atoms with Crippen LogP contribution in [0.2, 0.25) is 0 Å². The lowest BCUT2D eigenvalue weighted by molar-refractivity contribution is 0.0984. The van der Waals surface area contributed by atoms with E-state index in [0.717, 1.165) is 30.5 Å². The van der Waals surface area contributed by atoms with E-state index >= 15 is 0 Å². The zero-order chi connectivity index (χ0) is 18.6. The fourth-order valence-electron chi connectivity index (χ4n) is 2.94. The summed E-state index contributed by atoms with van der Waals surface area (Å²) < 4.78 is 29.0. The number of nitrogens with zero attached hydrogens (tertiary/aromatic N) is 2. The normalized spacial score (nSPS) is 14.0. The number of benzene rings is 1. The van der Waals surface area contributed by atoms with E-state index in [1.165, 1.54) is 0 Å². The van der Waals surface area contributed by atoms with Crippen LogP contribution in [0, 0.1) is 0 Å². The fourth-order valence-corrected chi connectivity index (χ4v) is 3.93. The third kappa shape index (κ3) is 4.20. The molecule has 0 saturated heterocycles. The Bertz CT molecular complexity index is 885. The van der Waals surface area contributed by atoms with Crippen LogP contribution in [-0.2, 0) is 16.6 Å². The quantitative estimate of drug-likeness (QED) is 0.812. The minimum atomic E-state index is -3.58. The molecule has 2 aromatic rings. The number of anilines is 2. The number of aryl methyl sites for hydroxylation is 1. The highest BCUT2D eigenvalue weighted by atomic mass is 32.2. The first kappa shape index (κ1) is 18.3. The van der Waals surface area contributed by atoms with Crippen molar-refractivity contribution in [2.75, 3.05) is 22.7 Å². The van der Waals surface area contributed by atoms with Gasteiger partial charge in [-0.15, -0.1) is 0 Å². The predicted molar refractivity (Wildman–Crippen MR) is 102 cm³/mol. The maximum atomic E-state index is 12.8. The van der Waals surface area contributed by atoms with Crippen molar-refractivity contribution in [2.24, 2.45) is 0 Å². The van der Waals surface area contributed by atoms with Crippen molar-refractivity contribution >= 4 is 27.5 Å². The molecule has 0 fully saturated rings. The second-order valence-corrected chi connectivity index (χ2v) is 7.65. The average molecular weight is 374 g/mol. The van der Waals surface area contributed by atoms with Crippen LogP contribution in [0.15, 0.2) is 42.7 Å². The van der Waals surface area contributed by atoms with E-state index in [2.05, 4.69) is 14.4 Å². The van der Waals surface area contributed by atoms with Crippen LogP contribution in [-0.4, -0.2) is 32.4 Å². The SMILES string of the molecule is CCCNS(=O)(=O)Nc1ccc2c(c1)CCCN2C(=O)c1cccnc1. The smallest absolute Gasteiger partial charge is 0.299 e. The largest absolute Gasteiger partial charge is 0.308 e. The zero-order valence-electron chi connectivity index (χ0n) is 14.6. The molecule has 0 bridgehead atoms. The zero-order valence-corrected chi connectivity index (χ0v) is 15.4. The minimum absolute atomic E-state index is 0.100. The lowest BCUT2D eigenvalue weighted by atomic mass is 10.0. The Hall–Kier alpha value is -2.45. The number of aromatic nitrogens is 1. The molecule has 7 nitrogen and oxygen atoms in total. The summed E-state index contributed by atoms with van der Waals surface area (Å²) in [7, 11) is -3.58.